The van der Waals surface area contributed by atoms with E-state index in [0.717, 1.165) is 27.9 Å². The zero-order chi connectivity index (χ0) is 17.1. The van der Waals surface area contributed by atoms with Crippen molar-refractivity contribution in [3.05, 3.63) is 59.8 Å². The Kier molecular flexibility index (Phi) is 4.51. The first kappa shape index (κ1) is 16.1. The first-order chi connectivity index (χ1) is 11.6. The highest BCUT2D eigenvalue weighted by molar-refractivity contribution is 5.87. The average Bonchev–Trinajstić information content (AvgIpc) is 3.03. The molecular formula is C19H21N3O2. The molecule has 24 heavy (non-hydrogen) atoms. The van der Waals surface area contributed by atoms with Crippen molar-refractivity contribution < 1.29 is 9.53 Å². The molecule has 0 aliphatic carbocycles. The molecule has 0 spiro atoms. The molecule has 1 unspecified atom stereocenters. The second-order valence-corrected chi connectivity index (χ2v) is 5.82. The van der Waals surface area contributed by atoms with Gasteiger partial charge in [0.1, 0.15) is 5.75 Å². The Morgan fingerprint density at radius 2 is 1.92 bits per heavy atom. The molecule has 3 aromatic rings. The maximum Gasteiger partial charge on any atom is 0.228 e. The maximum absolute atomic E-state index is 12.7. The minimum atomic E-state index is -0.0807. The first-order valence-electron chi connectivity index (χ1n) is 7.92. The number of H-pyrrole nitrogens is 1. The summed E-state index contributed by atoms with van der Waals surface area (Å²) in [7, 11) is 3.46. The number of aromatic nitrogens is 2. The summed E-state index contributed by atoms with van der Waals surface area (Å²) in [5.41, 5.74) is 2.71. The number of para-hydroxylation sites is 2. The summed E-state index contributed by atoms with van der Waals surface area (Å²) >= 11 is 0. The van der Waals surface area contributed by atoms with Crippen molar-refractivity contribution in [2.45, 2.75) is 19.4 Å². The molecule has 1 atom stereocenters. The van der Waals surface area contributed by atoms with E-state index in [9.17, 15) is 4.79 Å². The highest BCUT2D eigenvalue weighted by Gasteiger charge is 2.21. The van der Waals surface area contributed by atoms with Gasteiger partial charge in [-0.15, -0.1) is 0 Å². The van der Waals surface area contributed by atoms with E-state index >= 15 is 0 Å². The molecule has 1 heterocycles. The van der Waals surface area contributed by atoms with Crippen LogP contribution in [0.25, 0.3) is 10.9 Å². The number of hydrogen-bond donors (Lipinski definition) is 1. The van der Waals surface area contributed by atoms with Crippen molar-refractivity contribution in [1.82, 2.24) is 15.1 Å². The highest BCUT2D eigenvalue weighted by atomic mass is 16.5. The zero-order valence-electron chi connectivity index (χ0n) is 14.1. The van der Waals surface area contributed by atoms with Gasteiger partial charge in [0.05, 0.1) is 30.8 Å². The Morgan fingerprint density at radius 3 is 2.71 bits per heavy atom. The molecule has 3 rings (SSSR count). The predicted molar refractivity (Wildman–Crippen MR) is 94.0 cm³/mol. The second-order valence-electron chi connectivity index (χ2n) is 5.82. The molecule has 124 valence electrons. The van der Waals surface area contributed by atoms with Gasteiger partial charge in [0.15, 0.2) is 0 Å². The molecule has 0 saturated heterocycles. The molecule has 0 fully saturated rings. The molecule has 1 aromatic heterocycles. The van der Waals surface area contributed by atoms with Crippen LogP contribution < -0.4 is 4.74 Å². The summed E-state index contributed by atoms with van der Waals surface area (Å²) < 4.78 is 5.41. The smallest absolute Gasteiger partial charge is 0.228 e. The van der Waals surface area contributed by atoms with Crippen LogP contribution in [-0.2, 0) is 11.2 Å². The van der Waals surface area contributed by atoms with Crippen LogP contribution in [0.15, 0.2) is 48.5 Å². The summed E-state index contributed by atoms with van der Waals surface area (Å²) in [5.74, 6) is 0.819. The van der Waals surface area contributed by atoms with E-state index in [1.807, 2.05) is 62.5 Å². The molecule has 2 aromatic carbocycles. The standard InChI is InChI=1S/C19H21N3O2/c1-13(14-8-5-7-11-18(14)24-3)22(2)19(23)12-17-15-9-4-6-10-16(15)20-21-17/h4-11,13H,12H2,1-3H3,(H,20,21). The van der Waals surface area contributed by atoms with E-state index < -0.39 is 0 Å². The fourth-order valence-electron chi connectivity index (χ4n) is 2.86. The van der Waals surface area contributed by atoms with E-state index in [2.05, 4.69) is 10.2 Å². The van der Waals surface area contributed by atoms with Crippen LogP contribution in [0.1, 0.15) is 24.2 Å². The lowest BCUT2D eigenvalue weighted by Crippen LogP contribution is -2.31. The number of likely N-dealkylation sites (N-methyl/N-ethyl adjacent to an activating group) is 1. The van der Waals surface area contributed by atoms with E-state index in [1.54, 1.807) is 12.0 Å². The Labute approximate surface area is 141 Å². The number of aromatic amines is 1. The fraction of sp³-hybridized carbons (Fsp3) is 0.263. The summed E-state index contributed by atoms with van der Waals surface area (Å²) in [6.45, 7) is 2.00. The van der Waals surface area contributed by atoms with Crippen molar-refractivity contribution in [3.8, 4) is 5.75 Å². The number of rotatable bonds is 5. The lowest BCUT2D eigenvalue weighted by molar-refractivity contribution is -0.131. The summed E-state index contributed by atoms with van der Waals surface area (Å²) in [5, 5.41) is 8.21. The number of benzene rings is 2. The SMILES string of the molecule is COc1ccccc1C(C)N(C)C(=O)Cc1[nH]nc2ccccc12. The Bertz CT molecular complexity index is 856. The molecule has 5 nitrogen and oxygen atoms in total. The molecule has 5 heteroatoms. The van der Waals surface area contributed by atoms with Crippen LogP contribution >= 0.6 is 0 Å². The summed E-state index contributed by atoms with van der Waals surface area (Å²) in [6, 6.07) is 15.5. The van der Waals surface area contributed by atoms with Crippen LogP contribution in [-0.4, -0.2) is 35.2 Å². The molecule has 0 aliphatic rings. The molecule has 0 bridgehead atoms. The average molecular weight is 323 g/mol. The number of hydrogen-bond acceptors (Lipinski definition) is 3. The van der Waals surface area contributed by atoms with Gasteiger partial charge >= 0.3 is 0 Å². The fourth-order valence-corrected chi connectivity index (χ4v) is 2.86. The van der Waals surface area contributed by atoms with Crippen LogP contribution in [0.4, 0.5) is 0 Å². The number of carbonyl (C=O) groups is 1. The number of nitrogens with one attached hydrogen (secondary N) is 1. The van der Waals surface area contributed by atoms with Crippen molar-refractivity contribution in [2.24, 2.45) is 0 Å². The monoisotopic (exact) mass is 323 g/mol. The van der Waals surface area contributed by atoms with Gasteiger partial charge < -0.3 is 9.64 Å². The second kappa shape index (κ2) is 6.74. The van der Waals surface area contributed by atoms with Crippen molar-refractivity contribution in [3.63, 3.8) is 0 Å². The van der Waals surface area contributed by atoms with E-state index in [1.165, 1.54) is 0 Å². The molecule has 0 radical (unpaired) electrons. The predicted octanol–water partition coefficient (Wildman–Crippen LogP) is 3.33. The number of fused-ring (bicyclic) bond motifs is 1. The lowest BCUT2D eigenvalue weighted by atomic mass is 10.1. The molecule has 0 saturated carbocycles. The van der Waals surface area contributed by atoms with Gasteiger partial charge in [0.25, 0.3) is 0 Å². The minimum absolute atomic E-state index is 0.0304. The normalized spacial score (nSPS) is 12.1. The van der Waals surface area contributed by atoms with Crippen LogP contribution in [0.5, 0.6) is 5.75 Å². The molecule has 1 amide bonds. The van der Waals surface area contributed by atoms with Gasteiger partial charge in [-0.3, -0.25) is 9.89 Å². The number of amides is 1. The number of methoxy groups -OCH3 is 1. The van der Waals surface area contributed by atoms with E-state index in [4.69, 9.17) is 4.74 Å². The number of carbonyl (C=O) groups excluding carboxylic acids is 1. The molecular weight excluding hydrogens is 302 g/mol. The minimum Gasteiger partial charge on any atom is -0.496 e. The van der Waals surface area contributed by atoms with Gasteiger partial charge in [-0.05, 0) is 19.1 Å². The third kappa shape index (κ3) is 2.97. The summed E-state index contributed by atoms with van der Waals surface area (Å²) in [4.78, 5) is 14.4. The van der Waals surface area contributed by atoms with Crippen molar-refractivity contribution >= 4 is 16.8 Å². The first-order valence-corrected chi connectivity index (χ1v) is 7.92. The third-order valence-electron chi connectivity index (χ3n) is 4.43. The molecule has 0 aliphatic heterocycles. The maximum atomic E-state index is 12.7. The topological polar surface area (TPSA) is 58.2 Å². The zero-order valence-corrected chi connectivity index (χ0v) is 14.1. The van der Waals surface area contributed by atoms with Gasteiger partial charge in [-0.1, -0.05) is 36.4 Å². The Morgan fingerprint density at radius 1 is 1.21 bits per heavy atom. The molecule has 1 N–H and O–H groups in total. The number of ether oxygens (including phenoxy) is 1. The lowest BCUT2D eigenvalue weighted by Gasteiger charge is -2.26. The largest absolute Gasteiger partial charge is 0.496 e. The van der Waals surface area contributed by atoms with Crippen LogP contribution in [0.3, 0.4) is 0 Å². The summed E-state index contributed by atoms with van der Waals surface area (Å²) in [6.07, 6.45) is 0.288. The van der Waals surface area contributed by atoms with Gasteiger partial charge in [-0.25, -0.2) is 0 Å². The van der Waals surface area contributed by atoms with Gasteiger partial charge in [0.2, 0.25) is 5.91 Å². The Balaban J connectivity index is 1.79. The van der Waals surface area contributed by atoms with Crippen molar-refractivity contribution in [2.75, 3.05) is 14.2 Å². The van der Waals surface area contributed by atoms with E-state index in [0.29, 0.717) is 0 Å². The number of nitrogens with zero attached hydrogens (tertiary/aromatic N) is 2. The van der Waals surface area contributed by atoms with Crippen molar-refractivity contribution in [1.29, 1.82) is 0 Å². The van der Waals surface area contributed by atoms with Crippen LogP contribution in [0, 0.1) is 0 Å². The third-order valence-corrected chi connectivity index (χ3v) is 4.43. The van der Waals surface area contributed by atoms with Crippen LogP contribution in [0.2, 0.25) is 0 Å². The van der Waals surface area contributed by atoms with Gasteiger partial charge in [-0.2, -0.15) is 5.10 Å². The quantitative estimate of drug-likeness (QED) is 0.783. The highest BCUT2D eigenvalue weighted by Crippen LogP contribution is 2.28. The van der Waals surface area contributed by atoms with Gasteiger partial charge in [0, 0.05) is 18.0 Å². The Hall–Kier alpha value is -2.82. The van der Waals surface area contributed by atoms with E-state index in [-0.39, 0.29) is 18.4 Å².